The Bertz CT molecular complexity index is 3000. The van der Waals surface area contributed by atoms with Crippen molar-refractivity contribution in [1.29, 1.82) is 0 Å². The van der Waals surface area contributed by atoms with E-state index in [4.69, 9.17) is 0 Å². The fourth-order valence-corrected chi connectivity index (χ4v) is 10.2. The Morgan fingerprint density at radius 2 is 0.849 bits per heavy atom. The van der Waals surface area contributed by atoms with E-state index in [1.54, 1.807) is 0 Å². The molecule has 0 radical (unpaired) electrons. The summed E-state index contributed by atoms with van der Waals surface area (Å²) in [4.78, 5) is 2.55. The molecule has 11 rings (SSSR count). The summed E-state index contributed by atoms with van der Waals surface area (Å²) < 4.78 is 0. The Morgan fingerprint density at radius 1 is 0.358 bits per heavy atom. The molecule has 0 aliphatic heterocycles. The van der Waals surface area contributed by atoms with Crippen LogP contribution < -0.4 is 4.90 Å². The van der Waals surface area contributed by atoms with Crippen molar-refractivity contribution in [1.82, 2.24) is 0 Å². The second-order valence-electron chi connectivity index (χ2n) is 16.1. The Morgan fingerprint density at radius 3 is 1.58 bits per heavy atom. The smallest absolute Gasteiger partial charge is 0.0546 e. The van der Waals surface area contributed by atoms with Crippen LogP contribution in [0.2, 0.25) is 0 Å². The number of rotatable bonds is 3. The van der Waals surface area contributed by atoms with Gasteiger partial charge < -0.3 is 4.90 Å². The quantitative estimate of drug-likeness (QED) is 0.180. The Hall–Kier alpha value is -6.18. The zero-order chi connectivity index (χ0) is 35.6. The first-order valence-corrected chi connectivity index (χ1v) is 18.9. The third-order valence-corrected chi connectivity index (χ3v) is 12.5. The first-order valence-electron chi connectivity index (χ1n) is 18.9. The molecule has 0 bridgehead atoms. The van der Waals surface area contributed by atoms with Crippen molar-refractivity contribution >= 4 is 60.2 Å². The molecule has 0 amide bonds. The van der Waals surface area contributed by atoms with Gasteiger partial charge in [0.25, 0.3) is 0 Å². The van der Waals surface area contributed by atoms with Crippen molar-refractivity contribution in [2.45, 2.75) is 38.5 Å². The van der Waals surface area contributed by atoms with Crippen molar-refractivity contribution in [3.63, 3.8) is 0 Å². The van der Waals surface area contributed by atoms with E-state index in [-0.39, 0.29) is 10.8 Å². The Kier molecular flexibility index (Phi) is 6.14. The zero-order valence-electron chi connectivity index (χ0n) is 30.5. The molecule has 0 fully saturated rings. The zero-order valence-corrected chi connectivity index (χ0v) is 30.5. The van der Waals surface area contributed by atoms with Gasteiger partial charge in [-0.15, -0.1) is 0 Å². The molecular formula is C52H39N. The van der Waals surface area contributed by atoms with Crippen molar-refractivity contribution in [3.8, 4) is 22.3 Å². The van der Waals surface area contributed by atoms with Crippen LogP contribution in [0.3, 0.4) is 0 Å². The highest BCUT2D eigenvalue weighted by molar-refractivity contribution is 6.16. The maximum Gasteiger partial charge on any atom is 0.0546 e. The molecule has 1 heteroatoms. The molecular weight excluding hydrogens is 639 g/mol. The summed E-state index contributed by atoms with van der Waals surface area (Å²) in [6.45, 7) is 9.66. The van der Waals surface area contributed by atoms with Gasteiger partial charge in [0.05, 0.1) is 11.4 Å². The van der Waals surface area contributed by atoms with Crippen LogP contribution in [-0.4, -0.2) is 0 Å². The summed E-state index contributed by atoms with van der Waals surface area (Å²) in [6.07, 6.45) is 0. The molecule has 0 unspecified atom stereocenters. The van der Waals surface area contributed by atoms with Crippen LogP contribution in [0.4, 0.5) is 17.1 Å². The maximum atomic E-state index is 2.55. The van der Waals surface area contributed by atoms with Crippen molar-refractivity contribution < 1.29 is 0 Å². The largest absolute Gasteiger partial charge is 0.309 e. The summed E-state index contributed by atoms with van der Waals surface area (Å²) in [5.41, 5.74) is 14.2. The molecule has 2 aliphatic carbocycles. The Balaban J connectivity index is 1.26. The van der Waals surface area contributed by atoms with Crippen LogP contribution in [0.15, 0.2) is 164 Å². The van der Waals surface area contributed by atoms with Gasteiger partial charge in [0.15, 0.2) is 0 Å². The average molecular weight is 678 g/mol. The second-order valence-corrected chi connectivity index (χ2v) is 16.1. The lowest BCUT2D eigenvalue weighted by Crippen LogP contribution is -2.18. The van der Waals surface area contributed by atoms with E-state index in [1.165, 1.54) is 99.0 Å². The number of nitrogens with zero attached hydrogens (tertiary/aromatic N) is 1. The molecule has 9 aromatic carbocycles. The molecule has 0 aromatic heterocycles. The van der Waals surface area contributed by atoms with Crippen molar-refractivity contribution in [2.24, 2.45) is 0 Å². The highest BCUT2D eigenvalue weighted by Crippen LogP contribution is 2.59. The molecule has 0 N–H and O–H groups in total. The van der Waals surface area contributed by atoms with E-state index in [0.29, 0.717) is 0 Å². The summed E-state index contributed by atoms with van der Waals surface area (Å²) in [5, 5.41) is 10.4. The summed E-state index contributed by atoms with van der Waals surface area (Å²) in [5.74, 6) is 0. The van der Waals surface area contributed by atoms with Crippen LogP contribution in [0.25, 0.3) is 65.3 Å². The SMILES string of the molecule is CC1(C)c2cc(N(c3ccccc3)c3cc4c(c5ccccc35)C(C)(C)c3ccc5ccccc5c3-4)c3ccccc3c2-c2ccc3ccccc3c21. The number of benzene rings is 9. The monoisotopic (exact) mass is 677 g/mol. The summed E-state index contributed by atoms with van der Waals surface area (Å²) in [6, 6.07) is 61.4. The first kappa shape index (κ1) is 30.4. The highest BCUT2D eigenvalue weighted by atomic mass is 15.1. The number of hydrogen-bond acceptors (Lipinski definition) is 1. The fraction of sp³-hybridized carbons (Fsp3) is 0.115. The minimum absolute atomic E-state index is 0.150. The highest BCUT2D eigenvalue weighted by Gasteiger charge is 2.41. The minimum atomic E-state index is -0.200. The first-order chi connectivity index (χ1) is 25.8. The van der Waals surface area contributed by atoms with Gasteiger partial charge in [0.2, 0.25) is 0 Å². The van der Waals surface area contributed by atoms with Gasteiger partial charge in [-0.25, -0.2) is 0 Å². The molecule has 0 atom stereocenters. The fourth-order valence-electron chi connectivity index (χ4n) is 10.2. The van der Waals surface area contributed by atoms with E-state index in [1.807, 2.05) is 0 Å². The van der Waals surface area contributed by atoms with Gasteiger partial charge in [-0.2, -0.15) is 0 Å². The second kappa shape index (κ2) is 10.7. The van der Waals surface area contributed by atoms with E-state index in [9.17, 15) is 0 Å². The molecule has 0 saturated heterocycles. The van der Waals surface area contributed by atoms with E-state index in [0.717, 1.165) is 5.69 Å². The molecule has 9 aromatic rings. The van der Waals surface area contributed by atoms with Gasteiger partial charge in [-0.3, -0.25) is 0 Å². The third kappa shape index (κ3) is 4.03. The topological polar surface area (TPSA) is 3.24 Å². The minimum Gasteiger partial charge on any atom is -0.309 e. The predicted octanol–water partition coefficient (Wildman–Crippen LogP) is 14.4. The van der Waals surface area contributed by atoms with Crippen molar-refractivity contribution in [3.05, 3.63) is 186 Å². The van der Waals surface area contributed by atoms with Crippen LogP contribution in [-0.2, 0) is 10.8 Å². The lowest BCUT2D eigenvalue weighted by atomic mass is 9.79. The van der Waals surface area contributed by atoms with E-state index >= 15 is 0 Å². The van der Waals surface area contributed by atoms with Crippen LogP contribution >= 0.6 is 0 Å². The van der Waals surface area contributed by atoms with Gasteiger partial charge >= 0.3 is 0 Å². The number of hydrogen-bond donors (Lipinski definition) is 0. The maximum absolute atomic E-state index is 2.55. The molecule has 0 spiro atoms. The van der Waals surface area contributed by atoms with Gasteiger partial charge in [-0.1, -0.05) is 167 Å². The van der Waals surface area contributed by atoms with E-state index in [2.05, 4.69) is 196 Å². The van der Waals surface area contributed by atoms with Gasteiger partial charge in [-0.05, 0) is 101 Å². The molecule has 0 heterocycles. The molecule has 1 nitrogen and oxygen atoms in total. The predicted molar refractivity (Wildman–Crippen MR) is 226 cm³/mol. The Labute approximate surface area is 310 Å². The molecule has 53 heavy (non-hydrogen) atoms. The number of para-hydroxylation sites is 1. The molecule has 0 saturated carbocycles. The normalized spacial score (nSPS) is 14.7. The number of anilines is 3. The number of fused-ring (bicyclic) bond motifs is 14. The summed E-state index contributed by atoms with van der Waals surface area (Å²) >= 11 is 0. The van der Waals surface area contributed by atoms with Crippen molar-refractivity contribution in [2.75, 3.05) is 4.90 Å². The standard InChI is InChI=1S/C52H39N/c1-51(2)43-29-27-32-16-8-10-20-35(32)47(43)42-30-45(38-23-13-15-25-40(38)50(42)51)53(34-18-6-5-7-19-34)46-31-44-48(39-24-14-12-22-37(39)46)41-28-26-33-17-9-11-21-36(33)49(41)52(44,3)4/h5-31H,1-4H3. The third-order valence-electron chi connectivity index (χ3n) is 12.5. The average Bonchev–Trinajstić information content (AvgIpc) is 3.58. The van der Waals surface area contributed by atoms with Crippen LogP contribution in [0.1, 0.15) is 49.9 Å². The van der Waals surface area contributed by atoms with E-state index < -0.39 is 0 Å². The molecule has 2 aliphatic rings. The van der Waals surface area contributed by atoms with Gasteiger partial charge in [0.1, 0.15) is 0 Å². The van der Waals surface area contributed by atoms with Crippen LogP contribution in [0.5, 0.6) is 0 Å². The van der Waals surface area contributed by atoms with Crippen LogP contribution in [0, 0.1) is 0 Å². The molecule has 252 valence electrons. The lowest BCUT2D eigenvalue weighted by Gasteiger charge is -2.32. The van der Waals surface area contributed by atoms with Gasteiger partial charge in [0, 0.05) is 27.3 Å². The lowest BCUT2D eigenvalue weighted by molar-refractivity contribution is 0.666. The summed E-state index contributed by atoms with van der Waals surface area (Å²) in [7, 11) is 0.